The highest BCUT2D eigenvalue weighted by molar-refractivity contribution is 6.33. The summed E-state index contributed by atoms with van der Waals surface area (Å²) in [6, 6.07) is 4.26. The highest BCUT2D eigenvalue weighted by Gasteiger charge is 2.24. The van der Waals surface area contributed by atoms with Crippen LogP contribution in [0.5, 0.6) is 0 Å². The molecule has 0 aliphatic heterocycles. The highest BCUT2D eigenvalue weighted by atomic mass is 35.5. The molecule has 9 nitrogen and oxygen atoms in total. The number of aromatic amines is 1. The number of hydrogen-bond acceptors (Lipinski definition) is 5. The van der Waals surface area contributed by atoms with E-state index in [9.17, 15) is 19.3 Å². The van der Waals surface area contributed by atoms with Gasteiger partial charge in [-0.15, -0.1) is 0 Å². The minimum Gasteiger partial charge on any atom is -0.302 e. The Morgan fingerprint density at radius 2 is 2.15 bits per heavy atom. The number of hydrogen-bond donors (Lipinski definition) is 2. The summed E-state index contributed by atoms with van der Waals surface area (Å²) >= 11 is 12.0. The summed E-state index contributed by atoms with van der Waals surface area (Å²) in [5.74, 6) is -1.40. The van der Waals surface area contributed by atoms with Crippen molar-refractivity contribution in [3.05, 3.63) is 67.8 Å². The third kappa shape index (κ3) is 3.51. The van der Waals surface area contributed by atoms with Gasteiger partial charge in [0.25, 0.3) is 5.91 Å². The first-order valence-corrected chi connectivity index (χ1v) is 7.77. The smallest absolute Gasteiger partial charge is 0.302 e. The van der Waals surface area contributed by atoms with Crippen molar-refractivity contribution in [1.82, 2.24) is 20.0 Å². The van der Waals surface area contributed by atoms with Crippen LogP contribution in [0.4, 0.5) is 15.9 Å². The number of carbonyl (C=O) groups is 1. The quantitative estimate of drug-likeness (QED) is 0.504. The number of nitro groups is 1. The molecule has 26 heavy (non-hydrogen) atoms. The predicted octanol–water partition coefficient (Wildman–Crippen LogP) is 3.26. The normalized spacial score (nSPS) is 10.7. The van der Waals surface area contributed by atoms with Crippen molar-refractivity contribution < 1.29 is 14.1 Å². The fraction of sp³-hybridized carbons (Fsp3) is 0.0714. The van der Waals surface area contributed by atoms with Crippen molar-refractivity contribution in [3.63, 3.8) is 0 Å². The van der Waals surface area contributed by atoms with Crippen molar-refractivity contribution in [2.24, 2.45) is 0 Å². The fourth-order valence-electron chi connectivity index (χ4n) is 2.16. The minimum absolute atomic E-state index is 0.0225. The molecule has 0 fully saturated rings. The van der Waals surface area contributed by atoms with Gasteiger partial charge in [0, 0.05) is 16.8 Å². The molecule has 0 aliphatic rings. The summed E-state index contributed by atoms with van der Waals surface area (Å²) in [6.45, 7) is -0.0225. The van der Waals surface area contributed by atoms with Gasteiger partial charge >= 0.3 is 5.69 Å². The van der Waals surface area contributed by atoms with E-state index in [0.717, 1.165) is 6.20 Å². The van der Waals surface area contributed by atoms with Gasteiger partial charge in [-0.2, -0.15) is 10.2 Å². The second-order valence-corrected chi connectivity index (χ2v) is 5.88. The van der Waals surface area contributed by atoms with E-state index in [0.29, 0.717) is 0 Å². The summed E-state index contributed by atoms with van der Waals surface area (Å²) in [5.41, 5.74) is -0.635. The van der Waals surface area contributed by atoms with Gasteiger partial charge in [-0.1, -0.05) is 29.3 Å². The summed E-state index contributed by atoms with van der Waals surface area (Å²) in [7, 11) is 0. The average Bonchev–Trinajstić information content (AvgIpc) is 3.18. The molecule has 12 heteroatoms. The number of nitrogens with one attached hydrogen (secondary N) is 2. The lowest BCUT2D eigenvalue weighted by atomic mass is 10.2. The summed E-state index contributed by atoms with van der Waals surface area (Å²) in [5, 5.41) is 23.2. The number of anilines is 1. The van der Waals surface area contributed by atoms with Gasteiger partial charge in [-0.3, -0.25) is 24.7 Å². The number of benzene rings is 1. The molecule has 2 aromatic heterocycles. The molecule has 0 spiro atoms. The molecule has 3 rings (SSSR count). The first-order chi connectivity index (χ1) is 12.4. The van der Waals surface area contributed by atoms with E-state index < -0.39 is 22.3 Å². The van der Waals surface area contributed by atoms with Crippen molar-refractivity contribution in [2.45, 2.75) is 6.54 Å². The number of rotatable bonds is 5. The van der Waals surface area contributed by atoms with Crippen LogP contribution < -0.4 is 5.32 Å². The molecule has 0 saturated carbocycles. The number of halogens is 3. The molecule has 134 valence electrons. The zero-order valence-corrected chi connectivity index (χ0v) is 14.3. The highest BCUT2D eigenvalue weighted by Crippen LogP contribution is 2.24. The van der Waals surface area contributed by atoms with Gasteiger partial charge in [0.05, 0.1) is 11.5 Å². The van der Waals surface area contributed by atoms with E-state index in [1.54, 1.807) is 0 Å². The second-order valence-electron chi connectivity index (χ2n) is 5.06. The van der Waals surface area contributed by atoms with Crippen LogP contribution in [0.25, 0.3) is 0 Å². The third-order valence-electron chi connectivity index (χ3n) is 3.37. The summed E-state index contributed by atoms with van der Waals surface area (Å²) in [6.07, 6.45) is 2.27. The van der Waals surface area contributed by atoms with Gasteiger partial charge in [0.2, 0.25) is 5.69 Å². The van der Waals surface area contributed by atoms with Crippen molar-refractivity contribution in [2.75, 3.05) is 5.32 Å². The zero-order chi connectivity index (χ0) is 18.8. The van der Waals surface area contributed by atoms with E-state index in [4.69, 9.17) is 23.2 Å². The molecule has 0 unspecified atom stereocenters. The number of H-pyrrole nitrogens is 1. The standard InChI is InChI=1S/C14H9Cl2FN6O3/c15-8-2-1-3-10(17)7(8)5-22-6-9(16)13(21-22)19-14(24)12-11(23(25)26)4-18-20-12/h1-4,6H,5H2,(H,18,20)(H,19,21,24). The molecular weight excluding hydrogens is 390 g/mol. The monoisotopic (exact) mass is 398 g/mol. The maximum atomic E-state index is 13.9. The van der Waals surface area contributed by atoms with E-state index in [2.05, 4.69) is 20.6 Å². The van der Waals surface area contributed by atoms with Crippen LogP contribution in [-0.2, 0) is 6.54 Å². The number of amides is 1. The Morgan fingerprint density at radius 3 is 2.85 bits per heavy atom. The van der Waals surface area contributed by atoms with E-state index >= 15 is 0 Å². The lowest BCUT2D eigenvalue weighted by Crippen LogP contribution is -2.15. The SMILES string of the molecule is O=C(Nc1nn(Cc2c(F)cccc2Cl)cc1Cl)c1[nH]ncc1[N+](=O)[O-]. The molecule has 1 amide bonds. The predicted molar refractivity (Wildman–Crippen MR) is 90.9 cm³/mol. The summed E-state index contributed by atoms with van der Waals surface area (Å²) < 4.78 is 15.1. The van der Waals surface area contributed by atoms with Crippen LogP contribution in [0.15, 0.2) is 30.6 Å². The summed E-state index contributed by atoms with van der Waals surface area (Å²) in [4.78, 5) is 22.3. The maximum absolute atomic E-state index is 13.9. The van der Waals surface area contributed by atoms with Gasteiger partial charge in [-0.25, -0.2) is 4.39 Å². The Hall–Kier alpha value is -2.98. The minimum atomic E-state index is -0.842. The Balaban J connectivity index is 1.81. The lowest BCUT2D eigenvalue weighted by Gasteiger charge is -2.05. The molecular formula is C14H9Cl2FN6O3. The third-order valence-corrected chi connectivity index (χ3v) is 4.00. The Bertz CT molecular complexity index is 982. The van der Waals surface area contributed by atoms with Gasteiger partial charge in [-0.05, 0) is 12.1 Å². The van der Waals surface area contributed by atoms with Gasteiger partial charge in [0.15, 0.2) is 5.82 Å². The van der Waals surface area contributed by atoms with E-state index in [-0.39, 0.29) is 33.7 Å². The van der Waals surface area contributed by atoms with Gasteiger partial charge in [0.1, 0.15) is 17.0 Å². The van der Waals surface area contributed by atoms with E-state index in [1.807, 2.05) is 0 Å². The molecule has 0 radical (unpaired) electrons. The molecule has 1 aromatic carbocycles. The first-order valence-electron chi connectivity index (χ1n) is 7.01. The van der Waals surface area contributed by atoms with Crippen molar-refractivity contribution in [3.8, 4) is 0 Å². The zero-order valence-electron chi connectivity index (χ0n) is 12.7. The molecule has 0 aliphatic carbocycles. The lowest BCUT2D eigenvalue weighted by molar-refractivity contribution is -0.385. The van der Waals surface area contributed by atoms with Crippen LogP contribution in [0.2, 0.25) is 10.0 Å². The number of nitrogens with zero attached hydrogens (tertiary/aromatic N) is 4. The Kier molecular flexibility index (Phi) is 4.87. The molecule has 3 aromatic rings. The van der Waals surface area contributed by atoms with Crippen LogP contribution >= 0.6 is 23.2 Å². The largest absolute Gasteiger partial charge is 0.319 e. The second kappa shape index (κ2) is 7.10. The van der Waals surface area contributed by atoms with E-state index in [1.165, 1.54) is 29.1 Å². The fourth-order valence-corrected chi connectivity index (χ4v) is 2.58. The van der Waals surface area contributed by atoms with Crippen LogP contribution in [-0.4, -0.2) is 30.8 Å². The number of carbonyl (C=O) groups excluding carboxylic acids is 1. The van der Waals surface area contributed by atoms with Crippen LogP contribution in [0.3, 0.4) is 0 Å². The molecule has 0 saturated heterocycles. The topological polar surface area (TPSA) is 119 Å². The van der Waals surface area contributed by atoms with Crippen LogP contribution in [0, 0.1) is 15.9 Å². The van der Waals surface area contributed by atoms with Gasteiger partial charge < -0.3 is 5.32 Å². The number of aromatic nitrogens is 4. The maximum Gasteiger partial charge on any atom is 0.319 e. The molecule has 0 atom stereocenters. The van der Waals surface area contributed by atoms with Crippen molar-refractivity contribution >= 4 is 40.6 Å². The van der Waals surface area contributed by atoms with Crippen molar-refractivity contribution in [1.29, 1.82) is 0 Å². The first kappa shape index (κ1) is 17.8. The Morgan fingerprint density at radius 1 is 1.38 bits per heavy atom. The van der Waals surface area contributed by atoms with Crippen LogP contribution in [0.1, 0.15) is 16.1 Å². The molecule has 0 bridgehead atoms. The molecule has 2 N–H and O–H groups in total. The molecule has 2 heterocycles. The Labute approximate surface area is 154 Å². The average molecular weight is 399 g/mol.